The molecule has 0 radical (unpaired) electrons. The van der Waals surface area contributed by atoms with E-state index in [1.807, 2.05) is 20.8 Å². The van der Waals surface area contributed by atoms with E-state index in [-0.39, 0.29) is 17.1 Å². The van der Waals surface area contributed by atoms with Crippen LogP contribution in [0.3, 0.4) is 0 Å². The van der Waals surface area contributed by atoms with Crippen LogP contribution in [0.1, 0.15) is 34.1 Å². The van der Waals surface area contributed by atoms with Crippen LogP contribution in [0.15, 0.2) is 29.2 Å². The van der Waals surface area contributed by atoms with E-state index in [4.69, 9.17) is 0 Å². The second-order valence-corrected chi connectivity index (χ2v) is 6.84. The van der Waals surface area contributed by atoms with Gasteiger partial charge in [0.05, 0.1) is 6.07 Å². The van der Waals surface area contributed by atoms with Gasteiger partial charge in [-0.3, -0.25) is 5.32 Å². The summed E-state index contributed by atoms with van der Waals surface area (Å²) in [6.07, 6.45) is 0.740. The Labute approximate surface area is 119 Å². The van der Waals surface area contributed by atoms with E-state index < -0.39 is 5.54 Å². The predicted molar refractivity (Wildman–Crippen MR) is 78.6 cm³/mol. The lowest BCUT2D eigenvalue weighted by molar-refractivity contribution is 0.382. The number of hydrogen-bond donors (Lipinski definition) is 1. The fraction of sp³-hybridized carbons (Fsp3) is 0.533. The largest absolute Gasteiger partial charge is 0.297 e. The normalized spacial score (nSPS) is 15.8. The van der Waals surface area contributed by atoms with Gasteiger partial charge >= 0.3 is 0 Å². The number of benzene rings is 1. The highest BCUT2D eigenvalue weighted by Crippen LogP contribution is 2.28. The lowest BCUT2D eigenvalue weighted by Gasteiger charge is -2.28. The Morgan fingerprint density at radius 3 is 2.37 bits per heavy atom. The van der Waals surface area contributed by atoms with E-state index in [2.05, 4.69) is 18.3 Å². The van der Waals surface area contributed by atoms with Crippen LogP contribution in [0.2, 0.25) is 0 Å². The molecule has 19 heavy (non-hydrogen) atoms. The maximum absolute atomic E-state index is 12.8. The molecule has 1 rings (SSSR count). The molecule has 2 unspecified atom stereocenters. The third-order valence-corrected chi connectivity index (χ3v) is 3.81. The fourth-order valence-electron chi connectivity index (χ4n) is 2.14. The Bertz CT molecular complexity index is 438. The number of halogens is 1. The zero-order valence-corrected chi connectivity index (χ0v) is 12.7. The standard InChI is InChI=1S/C15H21FN2S/c1-11(2)18-15(4,10-17)9-12(3)19-14-7-5-13(16)6-8-14/h5-8,11-12,18H,9H2,1-4H3. The van der Waals surface area contributed by atoms with Crippen LogP contribution in [0.5, 0.6) is 0 Å². The van der Waals surface area contributed by atoms with Gasteiger partial charge in [-0.05, 0) is 51.5 Å². The number of hydrogen-bond acceptors (Lipinski definition) is 3. The van der Waals surface area contributed by atoms with Crippen LogP contribution in [-0.4, -0.2) is 16.8 Å². The summed E-state index contributed by atoms with van der Waals surface area (Å²) in [5.41, 5.74) is -0.527. The summed E-state index contributed by atoms with van der Waals surface area (Å²) >= 11 is 1.66. The van der Waals surface area contributed by atoms with E-state index >= 15 is 0 Å². The van der Waals surface area contributed by atoms with E-state index in [1.54, 1.807) is 23.9 Å². The van der Waals surface area contributed by atoms with Crippen molar-refractivity contribution in [2.75, 3.05) is 0 Å². The van der Waals surface area contributed by atoms with Gasteiger partial charge in [-0.15, -0.1) is 11.8 Å². The van der Waals surface area contributed by atoms with Crippen molar-refractivity contribution in [3.05, 3.63) is 30.1 Å². The molecule has 0 spiro atoms. The van der Waals surface area contributed by atoms with E-state index in [1.165, 1.54) is 12.1 Å². The van der Waals surface area contributed by atoms with Crippen LogP contribution < -0.4 is 5.32 Å². The van der Waals surface area contributed by atoms with Gasteiger partial charge in [0.25, 0.3) is 0 Å². The van der Waals surface area contributed by atoms with Gasteiger partial charge in [0, 0.05) is 16.2 Å². The zero-order valence-electron chi connectivity index (χ0n) is 11.9. The monoisotopic (exact) mass is 280 g/mol. The lowest BCUT2D eigenvalue weighted by Crippen LogP contribution is -2.46. The Morgan fingerprint density at radius 2 is 1.89 bits per heavy atom. The average Bonchev–Trinajstić information content (AvgIpc) is 2.31. The number of rotatable bonds is 6. The first-order chi connectivity index (χ1) is 8.84. The highest BCUT2D eigenvalue weighted by molar-refractivity contribution is 7.99. The van der Waals surface area contributed by atoms with Gasteiger partial charge in [-0.1, -0.05) is 6.92 Å². The van der Waals surface area contributed by atoms with Crippen molar-refractivity contribution in [1.82, 2.24) is 5.32 Å². The van der Waals surface area contributed by atoms with Gasteiger partial charge in [0.2, 0.25) is 0 Å². The summed E-state index contributed by atoms with van der Waals surface area (Å²) in [7, 11) is 0. The van der Waals surface area contributed by atoms with Gasteiger partial charge in [0.1, 0.15) is 11.4 Å². The predicted octanol–water partition coefficient (Wildman–Crippen LogP) is 3.98. The molecule has 0 heterocycles. The minimum atomic E-state index is -0.527. The molecule has 2 nitrogen and oxygen atoms in total. The maximum atomic E-state index is 12.8. The summed E-state index contributed by atoms with van der Waals surface area (Å²) < 4.78 is 12.8. The third-order valence-electron chi connectivity index (χ3n) is 2.70. The summed E-state index contributed by atoms with van der Waals surface area (Å²) in [6.45, 7) is 8.08. The molecule has 0 fully saturated rings. The van der Waals surface area contributed by atoms with E-state index in [0.717, 1.165) is 11.3 Å². The molecule has 1 aromatic rings. The minimum Gasteiger partial charge on any atom is -0.297 e. The molecule has 0 aromatic heterocycles. The molecule has 0 aliphatic carbocycles. The molecule has 1 N–H and O–H groups in total. The molecule has 4 heteroatoms. The summed E-state index contributed by atoms with van der Waals surface area (Å²) in [4.78, 5) is 1.03. The molecule has 0 bridgehead atoms. The molecular formula is C15H21FN2S. The zero-order chi connectivity index (χ0) is 14.5. The second kappa shape index (κ2) is 6.93. The molecule has 0 aliphatic heterocycles. The number of nitriles is 1. The topological polar surface area (TPSA) is 35.8 Å². The van der Waals surface area contributed by atoms with Gasteiger partial charge in [0.15, 0.2) is 0 Å². The van der Waals surface area contributed by atoms with Crippen LogP contribution in [0, 0.1) is 17.1 Å². The molecular weight excluding hydrogens is 259 g/mol. The molecule has 0 amide bonds. The van der Waals surface area contributed by atoms with Crippen molar-refractivity contribution >= 4 is 11.8 Å². The molecule has 2 atom stereocenters. The number of nitrogens with one attached hydrogen (secondary N) is 1. The van der Waals surface area contributed by atoms with Crippen molar-refractivity contribution in [2.45, 2.75) is 55.8 Å². The average molecular weight is 280 g/mol. The van der Waals surface area contributed by atoms with E-state index in [9.17, 15) is 9.65 Å². The molecule has 0 saturated heterocycles. The summed E-state index contributed by atoms with van der Waals surface area (Å²) in [5, 5.41) is 12.9. The second-order valence-electron chi connectivity index (χ2n) is 5.33. The highest BCUT2D eigenvalue weighted by Gasteiger charge is 2.27. The smallest absolute Gasteiger partial charge is 0.123 e. The fourth-order valence-corrected chi connectivity index (χ4v) is 3.31. The first-order valence-corrected chi connectivity index (χ1v) is 7.34. The molecule has 104 valence electrons. The summed E-state index contributed by atoms with van der Waals surface area (Å²) in [5.74, 6) is -0.222. The molecule has 0 aliphatic rings. The van der Waals surface area contributed by atoms with Crippen LogP contribution in [0.25, 0.3) is 0 Å². The van der Waals surface area contributed by atoms with Crippen LogP contribution in [-0.2, 0) is 0 Å². The Kier molecular flexibility index (Phi) is 5.84. The number of nitrogens with zero attached hydrogens (tertiary/aromatic N) is 1. The lowest BCUT2D eigenvalue weighted by atomic mass is 9.97. The first-order valence-electron chi connectivity index (χ1n) is 6.46. The van der Waals surface area contributed by atoms with Crippen molar-refractivity contribution in [3.8, 4) is 6.07 Å². The third kappa shape index (κ3) is 5.63. The van der Waals surface area contributed by atoms with Gasteiger partial charge < -0.3 is 0 Å². The SMILES string of the molecule is CC(C)NC(C)(C#N)CC(C)Sc1ccc(F)cc1. The van der Waals surface area contributed by atoms with E-state index in [0.29, 0.717) is 0 Å². The molecule has 1 aromatic carbocycles. The molecule has 0 saturated carbocycles. The highest BCUT2D eigenvalue weighted by atomic mass is 32.2. The minimum absolute atomic E-state index is 0.222. The first kappa shape index (κ1) is 16.0. The van der Waals surface area contributed by atoms with Crippen molar-refractivity contribution in [3.63, 3.8) is 0 Å². The maximum Gasteiger partial charge on any atom is 0.123 e. The van der Waals surface area contributed by atoms with Crippen LogP contribution >= 0.6 is 11.8 Å². The van der Waals surface area contributed by atoms with Crippen molar-refractivity contribution in [2.24, 2.45) is 0 Å². The van der Waals surface area contributed by atoms with Gasteiger partial charge in [-0.25, -0.2) is 4.39 Å². The van der Waals surface area contributed by atoms with Crippen molar-refractivity contribution in [1.29, 1.82) is 5.26 Å². The quantitative estimate of drug-likeness (QED) is 0.801. The Balaban J connectivity index is 2.61. The number of thioether (sulfide) groups is 1. The summed E-state index contributed by atoms with van der Waals surface area (Å²) in [6, 6.07) is 9.10. The Hall–Kier alpha value is -1.05. The van der Waals surface area contributed by atoms with Gasteiger partial charge in [-0.2, -0.15) is 5.26 Å². The van der Waals surface area contributed by atoms with Crippen molar-refractivity contribution < 1.29 is 4.39 Å². The van der Waals surface area contributed by atoms with Crippen LogP contribution in [0.4, 0.5) is 4.39 Å². The Morgan fingerprint density at radius 1 is 1.32 bits per heavy atom.